The highest BCUT2D eigenvalue weighted by molar-refractivity contribution is 5.95. The maximum atomic E-state index is 13.5. The zero-order chi connectivity index (χ0) is 25.9. The van der Waals surface area contributed by atoms with E-state index in [1.165, 1.54) is 29.5 Å². The molecule has 1 amide bonds. The van der Waals surface area contributed by atoms with Crippen molar-refractivity contribution in [1.29, 1.82) is 0 Å². The summed E-state index contributed by atoms with van der Waals surface area (Å²) in [4.78, 5) is 33.2. The Labute approximate surface area is 225 Å². The van der Waals surface area contributed by atoms with Crippen molar-refractivity contribution in [2.24, 2.45) is 22.2 Å². The van der Waals surface area contributed by atoms with Gasteiger partial charge < -0.3 is 9.64 Å². The predicted molar refractivity (Wildman–Crippen MR) is 149 cm³/mol. The summed E-state index contributed by atoms with van der Waals surface area (Å²) in [5, 5.41) is 0. The minimum absolute atomic E-state index is 0.0896. The van der Waals surface area contributed by atoms with Crippen LogP contribution in [0.25, 0.3) is 11.1 Å². The van der Waals surface area contributed by atoms with Gasteiger partial charge in [-0.1, -0.05) is 37.3 Å². The number of hydrogen-bond donors (Lipinski definition) is 0. The second-order valence-corrected chi connectivity index (χ2v) is 12.7. The van der Waals surface area contributed by atoms with E-state index in [0.717, 1.165) is 62.1 Å². The molecule has 5 heteroatoms. The summed E-state index contributed by atoms with van der Waals surface area (Å²) in [5.41, 5.74) is 5.12. The Morgan fingerprint density at radius 2 is 1.76 bits per heavy atom. The maximum absolute atomic E-state index is 13.5. The molecule has 198 valence electrons. The lowest BCUT2D eigenvalue weighted by molar-refractivity contribution is -0.156. The number of amides is 1. The standard InChI is InChI=1S/C33H38N2O3/c1-22-12-16-35(17-15-32(22)19-30(36)33(13-14-33)38-21-32)31(37)25-6-2-23(3-7-25)26-8-9-28-20-34-29(24-4-5-24)11-10-27(28)18-26/h2-3,6-9,18,20,22,24,29H,4-5,10-17,19,21H2,1H3. The second kappa shape index (κ2) is 9.15. The average Bonchev–Trinajstić information content (AvgIpc) is 3.83. The number of carbonyl (C=O) groups excluding carboxylic acids is 2. The number of aliphatic imine (C=N–C) groups is 1. The van der Waals surface area contributed by atoms with Gasteiger partial charge in [-0.05, 0) is 97.6 Å². The van der Waals surface area contributed by atoms with Gasteiger partial charge in [-0.15, -0.1) is 0 Å². The molecular weight excluding hydrogens is 472 g/mol. The number of Topliss-reactive ketones (excluding diaryl/α,β-unsaturated/α-hetero) is 1. The van der Waals surface area contributed by atoms with Crippen LogP contribution >= 0.6 is 0 Å². The van der Waals surface area contributed by atoms with E-state index in [2.05, 4.69) is 43.5 Å². The third-order valence-corrected chi connectivity index (χ3v) is 10.3. The van der Waals surface area contributed by atoms with Gasteiger partial charge in [-0.2, -0.15) is 0 Å². The number of ether oxygens (including phenoxy) is 1. The molecule has 2 aromatic carbocycles. The summed E-state index contributed by atoms with van der Waals surface area (Å²) in [6.07, 6.45) is 11.1. The van der Waals surface area contributed by atoms with Gasteiger partial charge in [-0.3, -0.25) is 14.6 Å². The van der Waals surface area contributed by atoms with E-state index in [1.807, 2.05) is 17.0 Å². The van der Waals surface area contributed by atoms with Crippen molar-refractivity contribution in [1.82, 2.24) is 4.90 Å². The molecule has 3 heterocycles. The van der Waals surface area contributed by atoms with Crippen molar-refractivity contribution < 1.29 is 14.3 Å². The van der Waals surface area contributed by atoms with E-state index in [4.69, 9.17) is 9.73 Å². The molecule has 0 bridgehead atoms. The molecule has 0 aromatic heterocycles. The molecule has 4 fully saturated rings. The van der Waals surface area contributed by atoms with E-state index >= 15 is 0 Å². The van der Waals surface area contributed by atoms with Crippen LogP contribution in [0.1, 0.15) is 79.8 Å². The first kappa shape index (κ1) is 24.3. The molecule has 5 nitrogen and oxygen atoms in total. The normalized spacial score (nSPS) is 30.1. The van der Waals surface area contributed by atoms with Crippen LogP contribution in [0.3, 0.4) is 0 Å². The van der Waals surface area contributed by atoms with E-state index < -0.39 is 5.60 Å². The Morgan fingerprint density at radius 1 is 0.974 bits per heavy atom. The van der Waals surface area contributed by atoms with Crippen molar-refractivity contribution in [3.8, 4) is 11.1 Å². The molecule has 7 rings (SSSR count). The van der Waals surface area contributed by atoms with Gasteiger partial charge in [0, 0.05) is 36.7 Å². The number of nitrogens with zero attached hydrogens (tertiary/aromatic N) is 2. The summed E-state index contributed by atoms with van der Waals surface area (Å²) in [7, 11) is 0. The summed E-state index contributed by atoms with van der Waals surface area (Å²) in [6, 6.07) is 15.3. The highest BCUT2D eigenvalue weighted by Gasteiger charge is 2.58. The Morgan fingerprint density at radius 3 is 2.50 bits per heavy atom. The van der Waals surface area contributed by atoms with Crippen LogP contribution in [0, 0.1) is 17.3 Å². The monoisotopic (exact) mass is 510 g/mol. The Bertz CT molecular complexity index is 1290. The molecule has 5 aliphatic rings. The molecule has 2 saturated heterocycles. The number of carbonyl (C=O) groups is 2. The number of fused-ring (bicyclic) bond motifs is 1. The van der Waals surface area contributed by atoms with Crippen LogP contribution in [-0.2, 0) is 16.0 Å². The SMILES string of the molecule is CC1CCN(C(=O)c2ccc(-c3ccc4c(c3)CCC(C3CC3)N=C4)cc2)CCC12COC1(CC1)C(=O)C2. The van der Waals surface area contributed by atoms with Gasteiger partial charge in [0.25, 0.3) is 5.91 Å². The molecule has 2 aromatic rings. The molecule has 3 atom stereocenters. The number of likely N-dealkylation sites (tertiary alicyclic amines) is 1. The van der Waals surface area contributed by atoms with Crippen molar-refractivity contribution in [2.45, 2.75) is 76.4 Å². The summed E-state index contributed by atoms with van der Waals surface area (Å²) in [5.74, 6) is 1.54. The third kappa shape index (κ3) is 4.33. The first-order valence-corrected chi connectivity index (χ1v) is 14.7. The fourth-order valence-electron chi connectivity index (χ4n) is 6.99. The largest absolute Gasteiger partial charge is 0.367 e. The van der Waals surface area contributed by atoms with Gasteiger partial charge in [0.15, 0.2) is 5.78 Å². The average molecular weight is 511 g/mol. The molecule has 3 aliphatic heterocycles. The van der Waals surface area contributed by atoms with E-state index in [0.29, 0.717) is 37.3 Å². The fraction of sp³-hybridized carbons (Fsp3) is 0.545. The highest BCUT2D eigenvalue weighted by Crippen LogP contribution is 2.52. The Balaban J connectivity index is 1.03. The van der Waals surface area contributed by atoms with Crippen LogP contribution in [0.5, 0.6) is 0 Å². The number of ketones is 1. The number of hydrogen-bond acceptors (Lipinski definition) is 4. The van der Waals surface area contributed by atoms with E-state index in [1.54, 1.807) is 0 Å². The van der Waals surface area contributed by atoms with Gasteiger partial charge in [0.05, 0.1) is 12.6 Å². The van der Waals surface area contributed by atoms with Crippen LogP contribution in [0.2, 0.25) is 0 Å². The molecule has 2 saturated carbocycles. The number of aryl methyl sites for hydroxylation is 1. The van der Waals surface area contributed by atoms with Gasteiger partial charge in [-0.25, -0.2) is 0 Å². The maximum Gasteiger partial charge on any atom is 0.253 e. The van der Waals surface area contributed by atoms with Crippen molar-refractivity contribution >= 4 is 17.9 Å². The second-order valence-electron chi connectivity index (χ2n) is 12.7. The molecule has 3 unspecified atom stereocenters. The summed E-state index contributed by atoms with van der Waals surface area (Å²) in [6.45, 7) is 4.31. The topological polar surface area (TPSA) is 59.0 Å². The van der Waals surface area contributed by atoms with Gasteiger partial charge >= 0.3 is 0 Å². The van der Waals surface area contributed by atoms with Crippen LogP contribution < -0.4 is 0 Å². The first-order chi connectivity index (χ1) is 18.4. The summed E-state index contributed by atoms with van der Waals surface area (Å²) < 4.78 is 6.14. The lowest BCUT2D eigenvalue weighted by Crippen LogP contribution is -2.47. The molecule has 2 aliphatic carbocycles. The lowest BCUT2D eigenvalue weighted by atomic mass is 9.68. The van der Waals surface area contributed by atoms with Crippen LogP contribution in [-0.4, -0.2) is 54.1 Å². The summed E-state index contributed by atoms with van der Waals surface area (Å²) >= 11 is 0. The van der Waals surface area contributed by atoms with Crippen molar-refractivity contribution in [2.75, 3.05) is 19.7 Å². The van der Waals surface area contributed by atoms with Gasteiger partial charge in [0.2, 0.25) is 0 Å². The minimum atomic E-state index is -0.446. The number of benzene rings is 2. The molecular formula is C33H38N2O3. The molecule has 0 radical (unpaired) electrons. The van der Waals surface area contributed by atoms with Crippen LogP contribution in [0.15, 0.2) is 47.5 Å². The molecule has 0 N–H and O–H groups in total. The van der Waals surface area contributed by atoms with Gasteiger partial charge in [0.1, 0.15) is 5.60 Å². The Kier molecular flexibility index (Phi) is 5.84. The highest BCUT2D eigenvalue weighted by atomic mass is 16.5. The zero-order valence-corrected chi connectivity index (χ0v) is 22.5. The van der Waals surface area contributed by atoms with E-state index in [9.17, 15) is 9.59 Å². The predicted octanol–water partition coefficient (Wildman–Crippen LogP) is 5.88. The van der Waals surface area contributed by atoms with Crippen LogP contribution in [0.4, 0.5) is 0 Å². The first-order valence-electron chi connectivity index (χ1n) is 14.7. The smallest absolute Gasteiger partial charge is 0.253 e. The number of rotatable bonds is 3. The Hall–Kier alpha value is -2.79. The molecule has 2 spiro atoms. The minimum Gasteiger partial charge on any atom is -0.367 e. The third-order valence-electron chi connectivity index (χ3n) is 10.3. The zero-order valence-electron chi connectivity index (χ0n) is 22.5. The lowest BCUT2D eigenvalue weighted by Gasteiger charge is -2.42. The van der Waals surface area contributed by atoms with E-state index in [-0.39, 0.29) is 11.3 Å². The fourth-order valence-corrected chi connectivity index (χ4v) is 6.99. The molecule has 38 heavy (non-hydrogen) atoms. The van der Waals surface area contributed by atoms with Crippen molar-refractivity contribution in [3.05, 3.63) is 59.2 Å². The van der Waals surface area contributed by atoms with Crippen molar-refractivity contribution in [3.63, 3.8) is 0 Å². The quantitative estimate of drug-likeness (QED) is 0.518.